The zero-order valence-corrected chi connectivity index (χ0v) is 21.2. The molecular weight excluding hydrogens is 501 g/mol. The molecule has 1 atom stereocenters. The molecule has 0 radical (unpaired) electrons. The van der Waals surface area contributed by atoms with Crippen LogP contribution in [0.4, 0.5) is 24.7 Å². The van der Waals surface area contributed by atoms with Crippen molar-refractivity contribution in [3.8, 4) is 11.4 Å². The SMILES string of the molecule is CN(C[C@@](C)(O)CO)C(=O)Cc1ccc(N2CCN(c3ccc(-c4ncc(C(F)(F)F)[nH]4)cn3)CC2)cc1. The number of alkyl halides is 3. The fraction of sp³-hybridized carbons (Fsp3) is 0.423. The van der Waals surface area contributed by atoms with Crippen molar-refractivity contribution >= 4 is 17.4 Å². The van der Waals surface area contributed by atoms with Crippen LogP contribution >= 0.6 is 0 Å². The van der Waals surface area contributed by atoms with Crippen molar-refractivity contribution in [2.75, 3.05) is 56.2 Å². The summed E-state index contributed by atoms with van der Waals surface area (Å²) in [5.41, 5.74) is 0.141. The Kier molecular flexibility index (Phi) is 7.93. The summed E-state index contributed by atoms with van der Waals surface area (Å²) in [6, 6.07) is 11.3. The van der Waals surface area contributed by atoms with Gasteiger partial charge in [-0.25, -0.2) is 9.97 Å². The summed E-state index contributed by atoms with van der Waals surface area (Å²) >= 11 is 0. The van der Waals surface area contributed by atoms with E-state index in [-0.39, 0.29) is 24.7 Å². The van der Waals surface area contributed by atoms with Crippen molar-refractivity contribution in [3.05, 3.63) is 60.0 Å². The predicted octanol–water partition coefficient (Wildman–Crippen LogP) is 2.56. The van der Waals surface area contributed by atoms with Crippen molar-refractivity contribution < 1.29 is 28.2 Å². The fourth-order valence-electron chi connectivity index (χ4n) is 4.30. The summed E-state index contributed by atoms with van der Waals surface area (Å²) in [5.74, 6) is 0.718. The Hall–Kier alpha value is -3.64. The van der Waals surface area contributed by atoms with E-state index >= 15 is 0 Å². The number of aliphatic hydroxyl groups excluding tert-OH is 1. The van der Waals surface area contributed by atoms with E-state index in [0.29, 0.717) is 5.56 Å². The molecule has 3 N–H and O–H groups in total. The first-order chi connectivity index (χ1) is 17.9. The summed E-state index contributed by atoms with van der Waals surface area (Å²) in [7, 11) is 1.60. The van der Waals surface area contributed by atoms with E-state index in [0.717, 1.165) is 49.4 Å². The normalized spacial score (nSPS) is 15.9. The number of aromatic amines is 1. The van der Waals surface area contributed by atoms with Gasteiger partial charge in [0, 0.05) is 50.7 Å². The smallest absolute Gasteiger partial charge is 0.393 e. The minimum atomic E-state index is -4.48. The number of aromatic nitrogens is 3. The van der Waals surface area contributed by atoms with Crippen LogP contribution in [-0.2, 0) is 17.4 Å². The van der Waals surface area contributed by atoms with Crippen LogP contribution < -0.4 is 9.80 Å². The van der Waals surface area contributed by atoms with Crippen LogP contribution in [0.25, 0.3) is 11.4 Å². The minimum Gasteiger partial charge on any atom is -0.393 e. The summed E-state index contributed by atoms with van der Waals surface area (Å²) < 4.78 is 38.4. The molecule has 204 valence electrons. The molecule has 1 amide bonds. The first-order valence-corrected chi connectivity index (χ1v) is 12.2. The zero-order valence-electron chi connectivity index (χ0n) is 21.2. The molecule has 1 aliphatic rings. The molecule has 1 aromatic carbocycles. The lowest BCUT2D eigenvalue weighted by atomic mass is 10.1. The number of pyridine rings is 1. The van der Waals surface area contributed by atoms with Crippen LogP contribution in [0.3, 0.4) is 0 Å². The van der Waals surface area contributed by atoms with Gasteiger partial charge in [-0.05, 0) is 36.8 Å². The lowest BCUT2D eigenvalue weighted by molar-refractivity contribution is -0.140. The quantitative estimate of drug-likeness (QED) is 0.409. The number of nitrogens with one attached hydrogen (secondary N) is 1. The number of imidazole rings is 1. The van der Waals surface area contributed by atoms with Crippen LogP contribution in [0, 0.1) is 0 Å². The molecule has 9 nitrogen and oxygen atoms in total. The van der Waals surface area contributed by atoms with Gasteiger partial charge in [0.15, 0.2) is 0 Å². The maximum atomic E-state index is 12.8. The van der Waals surface area contributed by atoms with Crippen molar-refractivity contribution in [3.63, 3.8) is 0 Å². The van der Waals surface area contributed by atoms with Gasteiger partial charge in [0.2, 0.25) is 5.91 Å². The molecule has 0 spiro atoms. The highest BCUT2D eigenvalue weighted by molar-refractivity contribution is 5.78. The average molecular weight is 533 g/mol. The lowest BCUT2D eigenvalue weighted by Crippen LogP contribution is -2.46. The van der Waals surface area contributed by atoms with Gasteiger partial charge in [-0.2, -0.15) is 13.2 Å². The first-order valence-electron chi connectivity index (χ1n) is 12.2. The first kappa shape index (κ1) is 27.4. The molecule has 3 heterocycles. The highest BCUT2D eigenvalue weighted by atomic mass is 19.4. The van der Waals surface area contributed by atoms with Gasteiger partial charge in [0.05, 0.1) is 25.8 Å². The number of H-pyrrole nitrogens is 1. The van der Waals surface area contributed by atoms with E-state index in [4.69, 9.17) is 0 Å². The number of anilines is 2. The molecule has 12 heteroatoms. The summed E-state index contributed by atoms with van der Waals surface area (Å²) in [6.07, 6.45) is -1.99. The summed E-state index contributed by atoms with van der Waals surface area (Å²) in [6.45, 7) is 4.06. The maximum absolute atomic E-state index is 12.8. The van der Waals surface area contributed by atoms with Crippen LogP contribution in [0.1, 0.15) is 18.2 Å². The minimum absolute atomic E-state index is 0.0458. The molecule has 38 heavy (non-hydrogen) atoms. The Bertz CT molecular complexity index is 1220. The Labute approximate surface area is 218 Å². The van der Waals surface area contributed by atoms with Crippen molar-refractivity contribution in [1.29, 1.82) is 0 Å². The van der Waals surface area contributed by atoms with Crippen molar-refractivity contribution in [2.24, 2.45) is 0 Å². The third kappa shape index (κ3) is 6.62. The van der Waals surface area contributed by atoms with E-state index < -0.39 is 24.1 Å². The van der Waals surface area contributed by atoms with Gasteiger partial charge in [-0.1, -0.05) is 12.1 Å². The molecule has 0 aliphatic carbocycles. The number of likely N-dealkylation sites (N-methyl/N-ethyl adjacent to an activating group) is 1. The number of rotatable bonds is 8. The molecular formula is C26H31F3N6O3. The third-order valence-electron chi connectivity index (χ3n) is 6.51. The van der Waals surface area contributed by atoms with Crippen LogP contribution in [-0.4, -0.2) is 88.0 Å². The number of hydrogen-bond acceptors (Lipinski definition) is 7. The number of hydrogen-bond donors (Lipinski definition) is 3. The van der Waals surface area contributed by atoms with E-state index in [1.807, 2.05) is 24.3 Å². The number of carbonyl (C=O) groups is 1. The molecule has 0 saturated carbocycles. The van der Waals surface area contributed by atoms with E-state index in [1.165, 1.54) is 18.0 Å². The second-order valence-electron chi connectivity index (χ2n) is 9.77. The molecule has 1 fully saturated rings. The van der Waals surface area contributed by atoms with E-state index in [2.05, 4.69) is 24.8 Å². The van der Waals surface area contributed by atoms with Gasteiger partial charge >= 0.3 is 6.18 Å². The zero-order chi connectivity index (χ0) is 27.5. The van der Waals surface area contributed by atoms with Crippen molar-refractivity contribution in [2.45, 2.75) is 25.1 Å². The number of piperazine rings is 1. The number of halogens is 3. The maximum Gasteiger partial charge on any atom is 0.432 e. The van der Waals surface area contributed by atoms with Crippen LogP contribution in [0.5, 0.6) is 0 Å². The number of aliphatic hydroxyl groups is 2. The highest BCUT2D eigenvalue weighted by Gasteiger charge is 2.33. The van der Waals surface area contributed by atoms with Crippen LogP contribution in [0.15, 0.2) is 48.8 Å². The number of nitrogens with zero attached hydrogens (tertiary/aromatic N) is 5. The van der Waals surface area contributed by atoms with Crippen molar-refractivity contribution in [1.82, 2.24) is 19.9 Å². The Morgan fingerprint density at radius 1 is 1.03 bits per heavy atom. The Morgan fingerprint density at radius 2 is 1.68 bits per heavy atom. The highest BCUT2D eigenvalue weighted by Crippen LogP contribution is 2.29. The molecule has 3 aromatic rings. The molecule has 2 aromatic heterocycles. The van der Waals surface area contributed by atoms with Gasteiger partial charge in [-0.3, -0.25) is 4.79 Å². The molecule has 4 rings (SSSR count). The molecule has 0 bridgehead atoms. The molecule has 0 unspecified atom stereocenters. The number of benzene rings is 1. The topological polar surface area (TPSA) is 109 Å². The lowest BCUT2D eigenvalue weighted by Gasteiger charge is -2.36. The van der Waals surface area contributed by atoms with Gasteiger partial charge < -0.3 is 29.9 Å². The molecule has 1 aliphatic heterocycles. The van der Waals surface area contributed by atoms with Gasteiger partial charge in [0.1, 0.15) is 22.9 Å². The molecule has 1 saturated heterocycles. The second-order valence-corrected chi connectivity index (χ2v) is 9.77. The largest absolute Gasteiger partial charge is 0.432 e. The monoisotopic (exact) mass is 532 g/mol. The van der Waals surface area contributed by atoms with Crippen LogP contribution in [0.2, 0.25) is 0 Å². The number of amides is 1. The standard InChI is InChI=1S/C26H31F3N6O3/c1-25(38,17-36)16-33(2)23(37)13-18-3-6-20(7-4-18)34-9-11-35(12-10-34)22-8-5-19(14-30-22)24-31-15-21(32-24)26(27,28)29/h3-8,14-15,36,38H,9-13,16-17H2,1-2H3,(H,31,32)/t25-/m1/s1. The Morgan fingerprint density at radius 3 is 2.24 bits per heavy atom. The average Bonchev–Trinajstić information content (AvgIpc) is 3.40. The summed E-state index contributed by atoms with van der Waals surface area (Å²) in [4.78, 5) is 28.8. The van der Waals surface area contributed by atoms with Gasteiger partial charge in [-0.15, -0.1) is 0 Å². The van der Waals surface area contributed by atoms with E-state index in [1.54, 1.807) is 19.2 Å². The number of carbonyl (C=O) groups excluding carboxylic acids is 1. The predicted molar refractivity (Wildman–Crippen MR) is 137 cm³/mol. The van der Waals surface area contributed by atoms with E-state index in [9.17, 15) is 28.2 Å². The Balaban J connectivity index is 1.29. The fourth-order valence-corrected chi connectivity index (χ4v) is 4.30. The summed E-state index contributed by atoms with van der Waals surface area (Å²) in [5, 5.41) is 19.2. The van der Waals surface area contributed by atoms with Gasteiger partial charge in [0.25, 0.3) is 0 Å². The third-order valence-corrected chi connectivity index (χ3v) is 6.51. The second kappa shape index (κ2) is 11.0.